The molecule has 0 spiro atoms. The Balaban J connectivity index is 2.46. The van der Waals surface area contributed by atoms with Crippen LogP contribution in [0.2, 0.25) is 0 Å². The molecule has 1 aromatic carbocycles. The van der Waals surface area contributed by atoms with E-state index in [2.05, 4.69) is 35.3 Å². The van der Waals surface area contributed by atoms with Gasteiger partial charge in [-0.05, 0) is 24.1 Å². The molecule has 0 fully saturated rings. The summed E-state index contributed by atoms with van der Waals surface area (Å²) in [6.45, 7) is 2.01. The van der Waals surface area contributed by atoms with Crippen LogP contribution >= 0.6 is 15.9 Å². The van der Waals surface area contributed by atoms with E-state index in [1.165, 1.54) is 6.33 Å². The molecule has 10 heteroatoms. The van der Waals surface area contributed by atoms with Gasteiger partial charge in [0, 0.05) is 11.0 Å². The van der Waals surface area contributed by atoms with E-state index in [0.29, 0.717) is 24.1 Å². The van der Waals surface area contributed by atoms with Crippen molar-refractivity contribution in [2.24, 2.45) is 0 Å². The predicted octanol–water partition coefficient (Wildman–Crippen LogP) is 1.93. The number of aromatic nitrogens is 2. The molecule has 0 aliphatic rings. The quantitative estimate of drug-likeness (QED) is 0.559. The molecule has 136 valence electrons. The Bertz CT molecular complexity index is 800. The van der Waals surface area contributed by atoms with E-state index < -0.39 is 10.2 Å². The van der Waals surface area contributed by atoms with Crippen molar-refractivity contribution in [3.8, 4) is 17.0 Å². The number of nitrogens with zero attached hydrogens (tertiary/aromatic N) is 2. The third kappa shape index (κ3) is 5.63. The number of halogens is 1. The Labute approximate surface area is 155 Å². The van der Waals surface area contributed by atoms with E-state index in [-0.39, 0.29) is 24.9 Å². The summed E-state index contributed by atoms with van der Waals surface area (Å²) in [6.07, 6.45) is 1.86. The number of benzene rings is 1. The fourth-order valence-corrected chi connectivity index (χ4v) is 3.19. The molecule has 2 rings (SSSR count). The second-order valence-electron chi connectivity index (χ2n) is 4.98. The smallest absolute Gasteiger partial charge is 0.300 e. The van der Waals surface area contributed by atoms with Gasteiger partial charge in [0.15, 0.2) is 5.82 Å². The lowest BCUT2D eigenvalue weighted by Gasteiger charge is -2.15. The molecule has 0 aliphatic carbocycles. The number of aliphatic hydroxyl groups excluding tert-OH is 1. The highest BCUT2D eigenvalue weighted by atomic mass is 79.9. The van der Waals surface area contributed by atoms with Crippen LogP contribution in [0.3, 0.4) is 0 Å². The molecule has 0 aliphatic heterocycles. The van der Waals surface area contributed by atoms with Crippen LogP contribution in [-0.4, -0.2) is 43.3 Å². The molecule has 8 nitrogen and oxygen atoms in total. The zero-order valence-electron chi connectivity index (χ0n) is 13.6. The lowest BCUT2D eigenvalue weighted by atomic mass is 10.1. The number of rotatable bonds is 9. The van der Waals surface area contributed by atoms with Crippen LogP contribution in [0.1, 0.15) is 13.3 Å². The highest BCUT2D eigenvalue weighted by Gasteiger charge is 2.19. The second-order valence-corrected chi connectivity index (χ2v) is 7.40. The first-order valence-electron chi connectivity index (χ1n) is 7.59. The Kier molecular flexibility index (Phi) is 7.12. The van der Waals surface area contributed by atoms with Crippen molar-refractivity contribution in [2.45, 2.75) is 13.3 Å². The highest BCUT2D eigenvalue weighted by molar-refractivity contribution is 9.10. The molecule has 2 aromatic rings. The predicted molar refractivity (Wildman–Crippen MR) is 98.6 cm³/mol. The SMILES string of the molecule is CCCNS(=O)(=O)Nc1ncnc(OCCO)c1-c1ccc(Br)cc1. The second kappa shape index (κ2) is 9.09. The molecule has 1 aromatic heterocycles. The molecule has 1 heterocycles. The summed E-state index contributed by atoms with van der Waals surface area (Å²) in [5.74, 6) is 0.272. The monoisotopic (exact) mass is 430 g/mol. The van der Waals surface area contributed by atoms with Crippen molar-refractivity contribution in [1.82, 2.24) is 14.7 Å². The maximum absolute atomic E-state index is 12.2. The Morgan fingerprint density at radius 3 is 2.60 bits per heavy atom. The Morgan fingerprint density at radius 1 is 1.24 bits per heavy atom. The number of nitrogens with one attached hydrogen (secondary N) is 2. The molecule has 0 atom stereocenters. The Hall–Kier alpha value is -1.75. The van der Waals surface area contributed by atoms with E-state index in [0.717, 1.165) is 4.47 Å². The summed E-state index contributed by atoms with van der Waals surface area (Å²) in [7, 11) is -3.78. The molecule has 0 bridgehead atoms. The largest absolute Gasteiger partial charge is 0.475 e. The summed E-state index contributed by atoms with van der Waals surface area (Å²) in [5, 5.41) is 8.98. The zero-order chi connectivity index (χ0) is 18.3. The van der Waals surface area contributed by atoms with Crippen molar-refractivity contribution < 1.29 is 18.3 Å². The number of anilines is 1. The summed E-state index contributed by atoms with van der Waals surface area (Å²) in [5.41, 5.74) is 1.07. The maximum atomic E-state index is 12.2. The summed E-state index contributed by atoms with van der Waals surface area (Å²) in [4.78, 5) is 8.10. The molecule has 0 amide bonds. The van der Waals surface area contributed by atoms with Gasteiger partial charge in [0.05, 0.1) is 12.2 Å². The molecule has 25 heavy (non-hydrogen) atoms. The standard InChI is InChI=1S/C15H19BrN4O4S/c1-2-7-19-25(22,23)20-14-13(11-3-5-12(16)6-4-11)15(18-10-17-14)24-9-8-21/h3-6,10,19,21H,2,7-9H2,1H3,(H,17,18,20). The average molecular weight is 431 g/mol. The van der Waals surface area contributed by atoms with Gasteiger partial charge in [-0.2, -0.15) is 13.1 Å². The first-order valence-corrected chi connectivity index (χ1v) is 9.86. The lowest BCUT2D eigenvalue weighted by Crippen LogP contribution is -2.31. The minimum absolute atomic E-state index is 0.0286. The molecule has 0 radical (unpaired) electrons. The number of hydrogen-bond donors (Lipinski definition) is 3. The average Bonchev–Trinajstić information content (AvgIpc) is 2.59. The van der Waals surface area contributed by atoms with Gasteiger partial charge in [-0.25, -0.2) is 9.97 Å². The summed E-state index contributed by atoms with van der Waals surface area (Å²) >= 11 is 3.36. The van der Waals surface area contributed by atoms with Crippen molar-refractivity contribution in [2.75, 3.05) is 24.5 Å². The Morgan fingerprint density at radius 2 is 1.96 bits per heavy atom. The van der Waals surface area contributed by atoms with Gasteiger partial charge in [0.2, 0.25) is 5.88 Å². The minimum atomic E-state index is -3.78. The fourth-order valence-electron chi connectivity index (χ4n) is 1.98. The molecule has 3 N–H and O–H groups in total. The number of aliphatic hydroxyl groups is 1. The van der Waals surface area contributed by atoms with Crippen LogP contribution in [0.5, 0.6) is 5.88 Å². The van der Waals surface area contributed by atoms with Crippen LogP contribution < -0.4 is 14.2 Å². The molecular formula is C15H19BrN4O4S. The first kappa shape index (κ1) is 19.6. The molecule has 0 unspecified atom stereocenters. The van der Waals surface area contributed by atoms with Crippen molar-refractivity contribution >= 4 is 32.0 Å². The summed E-state index contributed by atoms with van der Waals surface area (Å²) < 4.78 is 35.4. The van der Waals surface area contributed by atoms with E-state index in [9.17, 15) is 8.42 Å². The van der Waals surface area contributed by atoms with Gasteiger partial charge in [-0.3, -0.25) is 4.72 Å². The normalized spacial score (nSPS) is 11.3. The van der Waals surface area contributed by atoms with Crippen LogP contribution in [0.25, 0.3) is 11.1 Å². The lowest BCUT2D eigenvalue weighted by molar-refractivity contribution is 0.197. The zero-order valence-corrected chi connectivity index (χ0v) is 16.0. The number of hydrogen-bond acceptors (Lipinski definition) is 6. The maximum Gasteiger partial charge on any atom is 0.300 e. The topological polar surface area (TPSA) is 113 Å². The van der Waals surface area contributed by atoms with Gasteiger partial charge >= 0.3 is 0 Å². The fraction of sp³-hybridized carbons (Fsp3) is 0.333. The molecule has 0 saturated heterocycles. The van der Waals surface area contributed by atoms with Crippen LogP contribution in [0.4, 0.5) is 5.82 Å². The first-order chi connectivity index (χ1) is 12.0. The van der Waals surface area contributed by atoms with Gasteiger partial charge < -0.3 is 9.84 Å². The van der Waals surface area contributed by atoms with Crippen LogP contribution in [-0.2, 0) is 10.2 Å². The van der Waals surface area contributed by atoms with Gasteiger partial charge in [-0.1, -0.05) is 35.0 Å². The van der Waals surface area contributed by atoms with E-state index >= 15 is 0 Å². The van der Waals surface area contributed by atoms with Crippen molar-refractivity contribution in [3.05, 3.63) is 35.1 Å². The van der Waals surface area contributed by atoms with Gasteiger partial charge in [-0.15, -0.1) is 0 Å². The molecular weight excluding hydrogens is 412 g/mol. The summed E-state index contributed by atoms with van der Waals surface area (Å²) in [6, 6.07) is 7.19. The van der Waals surface area contributed by atoms with Gasteiger partial charge in [0.25, 0.3) is 10.2 Å². The third-order valence-corrected chi connectivity index (χ3v) is 4.62. The number of ether oxygens (including phenoxy) is 1. The van der Waals surface area contributed by atoms with Gasteiger partial charge in [0.1, 0.15) is 12.9 Å². The van der Waals surface area contributed by atoms with E-state index in [4.69, 9.17) is 9.84 Å². The van der Waals surface area contributed by atoms with Crippen molar-refractivity contribution in [1.29, 1.82) is 0 Å². The van der Waals surface area contributed by atoms with E-state index in [1.807, 2.05) is 19.1 Å². The minimum Gasteiger partial charge on any atom is -0.475 e. The van der Waals surface area contributed by atoms with Crippen LogP contribution in [0.15, 0.2) is 35.1 Å². The highest BCUT2D eigenvalue weighted by Crippen LogP contribution is 2.34. The molecule has 0 saturated carbocycles. The van der Waals surface area contributed by atoms with E-state index in [1.54, 1.807) is 12.1 Å². The third-order valence-electron chi connectivity index (χ3n) is 3.05. The van der Waals surface area contributed by atoms with Crippen molar-refractivity contribution in [3.63, 3.8) is 0 Å². The van der Waals surface area contributed by atoms with Crippen LogP contribution in [0, 0.1) is 0 Å².